The smallest absolute Gasteiger partial charge is 0.324 e. The topological polar surface area (TPSA) is 63.9 Å². The Kier molecular flexibility index (Phi) is 7.46. The van der Waals surface area contributed by atoms with E-state index in [9.17, 15) is 39.9 Å². The second kappa shape index (κ2) is 10.6. The Balaban J connectivity index is 1.60. The van der Waals surface area contributed by atoms with Gasteiger partial charge in [0.2, 0.25) is 0 Å². The first-order valence-corrected chi connectivity index (χ1v) is 12.6. The van der Waals surface area contributed by atoms with Crippen LogP contribution in [0.2, 0.25) is 5.02 Å². The summed E-state index contributed by atoms with van der Waals surface area (Å²) in [5, 5.41) is 7.83. The largest absolute Gasteiger partial charge is 0.416 e. The Morgan fingerprint density at radius 3 is 2.24 bits per heavy atom. The monoisotopic (exact) mass is 615 g/mol. The Bertz CT molecular complexity index is 1590. The van der Waals surface area contributed by atoms with Gasteiger partial charge in [0.25, 0.3) is 11.8 Å². The summed E-state index contributed by atoms with van der Waals surface area (Å²) in [5.41, 5.74) is -3.64. The number of carbonyl (C=O) groups excluding carboxylic acids is 1. The molecule has 3 heterocycles. The van der Waals surface area contributed by atoms with E-state index in [2.05, 4.69) is 15.3 Å². The highest BCUT2D eigenvalue weighted by atomic mass is 35.5. The Hall–Kier alpha value is -4.07. The minimum absolute atomic E-state index is 0.00970. The number of benzene rings is 2. The summed E-state index contributed by atoms with van der Waals surface area (Å²) < 4.78 is 111. The molecule has 1 aliphatic rings. The fourth-order valence-electron chi connectivity index (χ4n) is 4.83. The third kappa shape index (κ3) is 5.94. The zero-order chi connectivity index (χ0) is 30.4. The molecule has 0 radical (unpaired) electrons. The molecule has 42 heavy (non-hydrogen) atoms. The molecular formula is C27H18ClF8N5O. The third-order valence-electron chi connectivity index (χ3n) is 6.65. The van der Waals surface area contributed by atoms with Crippen molar-refractivity contribution in [2.24, 2.45) is 0 Å². The summed E-state index contributed by atoms with van der Waals surface area (Å²) >= 11 is 6.24. The van der Waals surface area contributed by atoms with E-state index in [1.54, 1.807) is 12.1 Å². The van der Waals surface area contributed by atoms with Gasteiger partial charge in [-0.05, 0) is 47.5 Å². The molecule has 1 fully saturated rings. The molecule has 1 unspecified atom stereocenters. The second-order valence-corrected chi connectivity index (χ2v) is 10.0. The van der Waals surface area contributed by atoms with Gasteiger partial charge in [-0.1, -0.05) is 35.0 Å². The highest BCUT2D eigenvalue weighted by molar-refractivity contribution is 6.31. The van der Waals surface area contributed by atoms with Crippen LogP contribution in [0.1, 0.15) is 45.2 Å². The van der Waals surface area contributed by atoms with Crippen molar-refractivity contribution in [1.29, 1.82) is 0 Å². The van der Waals surface area contributed by atoms with Crippen molar-refractivity contribution in [2.45, 2.75) is 37.3 Å². The van der Waals surface area contributed by atoms with Crippen LogP contribution in [0, 0.1) is 0 Å². The molecule has 5 rings (SSSR count). The number of hydrogen-bond donors (Lipinski definition) is 0. The first kappa shape index (κ1) is 29.4. The van der Waals surface area contributed by atoms with E-state index < -0.39 is 72.1 Å². The molecule has 6 nitrogen and oxygen atoms in total. The molecule has 4 aromatic rings. The molecule has 1 amide bonds. The fraction of sp³-hybridized carbons (Fsp3) is 0.259. The number of halogens is 9. The van der Waals surface area contributed by atoms with Crippen molar-refractivity contribution in [3.63, 3.8) is 0 Å². The number of hydrogen-bond acceptors (Lipinski definition) is 4. The second-order valence-electron chi connectivity index (χ2n) is 9.63. The van der Waals surface area contributed by atoms with Crippen LogP contribution in [-0.4, -0.2) is 43.3 Å². The summed E-state index contributed by atoms with van der Waals surface area (Å²) in [5.74, 6) is -4.27. The first-order valence-electron chi connectivity index (χ1n) is 12.2. The summed E-state index contributed by atoms with van der Waals surface area (Å²) in [6.45, 7) is -1.65. The van der Waals surface area contributed by atoms with Crippen LogP contribution in [0.5, 0.6) is 0 Å². The van der Waals surface area contributed by atoms with Crippen molar-refractivity contribution in [3.8, 4) is 11.3 Å². The van der Waals surface area contributed by atoms with Gasteiger partial charge in [-0.25, -0.2) is 13.5 Å². The number of aromatic nitrogens is 4. The van der Waals surface area contributed by atoms with Crippen LogP contribution in [0.15, 0.2) is 67.0 Å². The molecule has 15 heteroatoms. The number of alkyl halides is 8. The van der Waals surface area contributed by atoms with Crippen molar-refractivity contribution in [3.05, 3.63) is 100.0 Å². The van der Waals surface area contributed by atoms with Gasteiger partial charge in [-0.2, -0.15) is 26.3 Å². The van der Waals surface area contributed by atoms with Gasteiger partial charge in [0.05, 0.1) is 30.3 Å². The molecule has 0 saturated carbocycles. The molecule has 0 bridgehead atoms. The number of pyridine rings is 1. The molecular weight excluding hydrogens is 598 g/mol. The molecule has 0 spiro atoms. The van der Waals surface area contributed by atoms with Crippen molar-refractivity contribution < 1.29 is 39.9 Å². The predicted molar refractivity (Wildman–Crippen MR) is 134 cm³/mol. The molecule has 2 aromatic carbocycles. The van der Waals surface area contributed by atoms with Gasteiger partial charge in [0, 0.05) is 29.4 Å². The minimum atomic E-state index is -5.08. The molecule has 1 aliphatic heterocycles. The lowest BCUT2D eigenvalue weighted by Gasteiger charge is -2.24. The summed E-state index contributed by atoms with van der Waals surface area (Å²) in [4.78, 5) is 18.6. The van der Waals surface area contributed by atoms with Crippen molar-refractivity contribution in [2.75, 3.05) is 6.54 Å². The molecule has 1 atom stereocenters. The SMILES string of the molecule is O=C(c1nnn(Cc2cc(C(F)(F)F)cc(C(F)(F)F)c2)c1-c1cccnc1)N1CC(F)(F)CC1c1ccccc1Cl. The van der Waals surface area contributed by atoms with E-state index in [-0.39, 0.29) is 27.9 Å². The van der Waals surface area contributed by atoms with Gasteiger partial charge in [0.15, 0.2) is 5.69 Å². The zero-order valence-electron chi connectivity index (χ0n) is 21.1. The van der Waals surface area contributed by atoms with E-state index in [1.807, 2.05) is 0 Å². The molecule has 0 aliphatic carbocycles. The quantitative estimate of drug-likeness (QED) is 0.221. The van der Waals surface area contributed by atoms with Gasteiger partial charge in [-0.3, -0.25) is 9.78 Å². The lowest BCUT2D eigenvalue weighted by molar-refractivity contribution is -0.143. The highest BCUT2D eigenvalue weighted by Gasteiger charge is 2.49. The van der Waals surface area contributed by atoms with E-state index in [0.717, 1.165) is 9.58 Å². The highest BCUT2D eigenvalue weighted by Crippen LogP contribution is 2.44. The molecule has 0 N–H and O–H groups in total. The van der Waals surface area contributed by atoms with Crippen LogP contribution in [-0.2, 0) is 18.9 Å². The minimum Gasteiger partial charge on any atom is -0.324 e. The van der Waals surface area contributed by atoms with E-state index in [0.29, 0.717) is 12.1 Å². The van der Waals surface area contributed by atoms with Crippen LogP contribution >= 0.6 is 11.6 Å². The van der Waals surface area contributed by atoms with Gasteiger partial charge in [-0.15, -0.1) is 5.10 Å². The van der Waals surface area contributed by atoms with Crippen LogP contribution in [0.25, 0.3) is 11.3 Å². The summed E-state index contributed by atoms with van der Waals surface area (Å²) in [6.07, 6.45) is -8.25. The fourth-order valence-corrected chi connectivity index (χ4v) is 5.09. The summed E-state index contributed by atoms with van der Waals surface area (Å²) in [6, 6.07) is 8.96. The maximum atomic E-state index is 14.7. The Morgan fingerprint density at radius 1 is 0.976 bits per heavy atom. The summed E-state index contributed by atoms with van der Waals surface area (Å²) in [7, 11) is 0. The number of carbonyl (C=O) groups is 1. The average molecular weight is 616 g/mol. The van der Waals surface area contributed by atoms with Crippen LogP contribution in [0.3, 0.4) is 0 Å². The Morgan fingerprint density at radius 2 is 1.64 bits per heavy atom. The maximum Gasteiger partial charge on any atom is 0.416 e. The number of nitrogens with zero attached hydrogens (tertiary/aromatic N) is 5. The van der Waals surface area contributed by atoms with E-state index in [4.69, 9.17) is 11.6 Å². The third-order valence-corrected chi connectivity index (χ3v) is 6.99. The van der Waals surface area contributed by atoms with Crippen LogP contribution < -0.4 is 0 Å². The van der Waals surface area contributed by atoms with E-state index >= 15 is 0 Å². The van der Waals surface area contributed by atoms with E-state index in [1.165, 1.54) is 36.7 Å². The molecule has 220 valence electrons. The standard InChI is InChI=1S/C27H18ClF8N5O/c28-20-6-2-1-5-19(20)21-11-25(29,30)14-40(21)24(42)22-23(16-4-3-7-37-12-16)41(39-38-22)13-15-8-17(26(31,32)33)10-18(9-15)27(34,35)36/h1-10,12,21H,11,13-14H2. The lowest BCUT2D eigenvalue weighted by atomic mass is 10.0. The molecule has 1 saturated heterocycles. The van der Waals surface area contributed by atoms with Gasteiger partial charge >= 0.3 is 12.4 Å². The van der Waals surface area contributed by atoms with Crippen LogP contribution in [0.4, 0.5) is 35.1 Å². The van der Waals surface area contributed by atoms with Gasteiger partial charge < -0.3 is 4.90 Å². The Labute approximate surface area is 237 Å². The number of rotatable bonds is 5. The number of amides is 1. The molecule has 2 aromatic heterocycles. The van der Waals surface area contributed by atoms with Gasteiger partial charge in [0.1, 0.15) is 5.69 Å². The lowest BCUT2D eigenvalue weighted by Crippen LogP contribution is -2.33. The van der Waals surface area contributed by atoms with Crippen molar-refractivity contribution in [1.82, 2.24) is 24.9 Å². The predicted octanol–water partition coefficient (Wildman–Crippen LogP) is 7.30. The normalized spacial score (nSPS) is 17.1. The maximum absolute atomic E-state index is 14.7. The first-order chi connectivity index (χ1) is 19.6. The average Bonchev–Trinajstić information content (AvgIpc) is 3.48. The van der Waals surface area contributed by atoms with Crippen molar-refractivity contribution >= 4 is 17.5 Å². The zero-order valence-corrected chi connectivity index (χ0v) is 21.9. The number of likely N-dealkylation sites (tertiary alicyclic amines) is 1.